The molecule has 0 amide bonds. The number of para-hydroxylation sites is 1. The van der Waals surface area contributed by atoms with Crippen LogP contribution in [0.3, 0.4) is 0 Å². The zero-order chi connectivity index (χ0) is 23.4. The lowest BCUT2D eigenvalue weighted by Gasteiger charge is -2.16. The third kappa shape index (κ3) is 5.64. The van der Waals surface area contributed by atoms with Crippen LogP contribution in [0.2, 0.25) is 0 Å². The van der Waals surface area contributed by atoms with E-state index in [1.807, 2.05) is 30.3 Å². The standard InChI is InChI=1S/C27H28FNO4/c1-2-33-25(32)16-21(31)15-20(30)13-14-23-26(17-9-11-19(28)12-10-17)22-5-3-4-6-24(22)29-27(23)18-7-8-18/h3-6,9-14,18,20-21,30-31H,2,7-8,15-16H2,1H3/t20-,21+/m0/s1. The molecule has 0 unspecified atom stereocenters. The molecule has 6 heteroatoms. The van der Waals surface area contributed by atoms with Crippen LogP contribution in [0.25, 0.3) is 28.1 Å². The molecule has 2 atom stereocenters. The van der Waals surface area contributed by atoms with Gasteiger partial charge >= 0.3 is 5.97 Å². The van der Waals surface area contributed by atoms with Crippen LogP contribution >= 0.6 is 0 Å². The van der Waals surface area contributed by atoms with E-state index in [-0.39, 0.29) is 25.3 Å². The summed E-state index contributed by atoms with van der Waals surface area (Å²) in [6, 6.07) is 14.3. The van der Waals surface area contributed by atoms with Crippen LogP contribution in [0.15, 0.2) is 54.6 Å². The Morgan fingerprint density at radius 2 is 1.91 bits per heavy atom. The van der Waals surface area contributed by atoms with Gasteiger partial charge < -0.3 is 14.9 Å². The first kappa shape index (κ1) is 23.1. The van der Waals surface area contributed by atoms with Gasteiger partial charge in [-0.25, -0.2) is 4.39 Å². The smallest absolute Gasteiger partial charge is 0.308 e. The Balaban J connectivity index is 1.70. The lowest BCUT2D eigenvalue weighted by Crippen LogP contribution is -2.20. The molecule has 0 spiro atoms. The molecule has 1 aliphatic rings. The quantitative estimate of drug-likeness (QED) is 0.450. The monoisotopic (exact) mass is 449 g/mol. The molecule has 1 fully saturated rings. The fourth-order valence-electron chi connectivity index (χ4n) is 4.07. The van der Waals surface area contributed by atoms with E-state index in [9.17, 15) is 19.4 Å². The predicted molar refractivity (Wildman–Crippen MR) is 126 cm³/mol. The van der Waals surface area contributed by atoms with Gasteiger partial charge in [0, 0.05) is 28.9 Å². The Hall–Kier alpha value is -3.09. The van der Waals surface area contributed by atoms with Gasteiger partial charge in [0.15, 0.2) is 0 Å². The maximum Gasteiger partial charge on any atom is 0.308 e. The van der Waals surface area contributed by atoms with Gasteiger partial charge in [-0.2, -0.15) is 0 Å². The Kier molecular flexibility index (Phi) is 7.16. The van der Waals surface area contributed by atoms with Crippen LogP contribution in [0.1, 0.15) is 49.8 Å². The zero-order valence-electron chi connectivity index (χ0n) is 18.6. The van der Waals surface area contributed by atoms with Crippen molar-refractivity contribution in [3.63, 3.8) is 0 Å². The highest BCUT2D eigenvalue weighted by atomic mass is 19.1. The number of halogens is 1. The van der Waals surface area contributed by atoms with Crippen LogP contribution in [0.4, 0.5) is 4.39 Å². The largest absolute Gasteiger partial charge is 0.466 e. The van der Waals surface area contributed by atoms with Crippen molar-refractivity contribution in [3.8, 4) is 11.1 Å². The minimum absolute atomic E-state index is 0.0148. The van der Waals surface area contributed by atoms with Crippen molar-refractivity contribution in [2.75, 3.05) is 6.61 Å². The first-order valence-electron chi connectivity index (χ1n) is 11.3. The maximum atomic E-state index is 13.6. The molecule has 4 rings (SSSR count). The van der Waals surface area contributed by atoms with E-state index in [0.717, 1.165) is 46.1 Å². The van der Waals surface area contributed by atoms with Crippen LogP contribution in [-0.2, 0) is 9.53 Å². The normalized spacial score (nSPS) is 15.6. The van der Waals surface area contributed by atoms with Crippen molar-refractivity contribution in [2.45, 2.75) is 50.7 Å². The minimum atomic E-state index is -1.00. The molecule has 2 aromatic carbocycles. The highest BCUT2D eigenvalue weighted by Gasteiger charge is 2.29. The van der Waals surface area contributed by atoms with Crippen LogP contribution in [0, 0.1) is 5.82 Å². The van der Waals surface area contributed by atoms with Crippen molar-refractivity contribution in [3.05, 3.63) is 71.7 Å². The van der Waals surface area contributed by atoms with Crippen LogP contribution in [-0.4, -0.2) is 40.0 Å². The van der Waals surface area contributed by atoms with Crippen LogP contribution < -0.4 is 0 Å². The SMILES string of the molecule is CCOC(=O)C[C@H](O)C[C@@H](O)C=Cc1c(C2CC2)nc2ccccc2c1-c1ccc(F)cc1. The molecule has 33 heavy (non-hydrogen) atoms. The highest BCUT2D eigenvalue weighted by molar-refractivity contribution is 5.99. The fraction of sp³-hybridized carbons (Fsp3) is 0.333. The number of aliphatic hydroxyl groups excluding tert-OH is 2. The first-order chi connectivity index (χ1) is 16.0. The van der Waals surface area contributed by atoms with Gasteiger partial charge in [0.05, 0.1) is 36.4 Å². The summed E-state index contributed by atoms with van der Waals surface area (Å²) < 4.78 is 18.5. The van der Waals surface area contributed by atoms with Gasteiger partial charge in [-0.1, -0.05) is 42.5 Å². The Morgan fingerprint density at radius 1 is 1.18 bits per heavy atom. The molecule has 0 bridgehead atoms. The average molecular weight is 450 g/mol. The summed E-state index contributed by atoms with van der Waals surface area (Å²) in [7, 11) is 0. The molecule has 1 heterocycles. The van der Waals surface area contributed by atoms with E-state index < -0.39 is 18.2 Å². The van der Waals surface area contributed by atoms with E-state index in [1.54, 1.807) is 25.1 Å². The summed E-state index contributed by atoms with van der Waals surface area (Å²) in [5, 5.41) is 21.6. The number of esters is 1. The molecule has 172 valence electrons. The van der Waals surface area contributed by atoms with Gasteiger partial charge in [0.25, 0.3) is 0 Å². The third-order valence-electron chi connectivity index (χ3n) is 5.76. The number of aromatic nitrogens is 1. The first-order valence-corrected chi connectivity index (χ1v) is 11.3. The van der Waals surface area contributed by atoms with Gasteiger partial charge in [-0.15, -0.1) is 0 Å². The average Bonchev–Trinajstić information content (AvgIpc) is 3.63. The molecule has 0 saturated heterocycles. The summed E-state index contributed by atoms with van der Waals surface area (Å²) >= 11 is 0. The summed E-state index contributed by atoms with van der Waals surface area (Å²) in [5.41, 5.74) is 4.54. The number of hydrogen-bond acceptors (Lipinski definition) is 5. The lowest BCUT2D eigenvalue weighted by atomic mass is 9.92. The molecular formula is C27H28FNO4. The van der Waals surface area contributed by atoms with E-state index >= 15 is 0 Å². The van der Waals surface area contributed by atoms with Gasteiger partial charge in [-0.05, 0) is 43.5 Å². The zero-order valence-corrected chi connectivity index (χ0v) is 18.6. The number of carbonyl (C=O) groups is 1. The second-order valence-corrected chi connectivity index (χ2v) is 8.41. The summed E-state index contributed by atoms with van der Waals surface area (Å²) in [4.78, 5) is 16.5. The third-order valence-corrected chi connectivity index (χ3v) is 5.76. The molecule has 1 aromatic heterocycles. The molecule has 0 radical (unpaired) electrons. The van der Waals surface area contributed by atoms with E-state index in [4.69, 9.17) is 9.72 Å². The maximum absolute atomic E-state index is 13.6. The fourth-order valence-corrected chi connectivity index (χ4v) is 4.07. The number of pyridine rings is 1. The lowest BCUT2D eigenvalue weighted by molar-refractivity contribution is -0.145. The molecule has 1 aliphatic carbocycles. The molecule has 5 nitrogen and oxygen atoms in total. The molecular weight excluding hydrogens is 421 g/mol. The van der Waals surface area contributed by atoms with Crippen LogP contribution in [0.5, 0.6) is 0 Å². The molecule has 0 aliphatic heterocycles. The second kappa shape index (κ2) is 10.2. The minimum Gasteiger partial charge on any atom is -0.466 e. The number of carbonyl (C=O) groups excluding carboxylic acids is 1. The summed E-state index contributed by atoms with van der Waals surface area (Å²) in [6.45, 7) is 1.95. The van der Waals surface area contributed by atoms with Crippen molar-refractivity contribution >= 4 is 22.9 Å². The van der Waals surface area contributed by atoms with E-state index in [0.29, 0.717) is 5.92 Å². The van der Waals surface area contributed by atoms with E-state index in [1.165, 1.54) is 12.1 Å². The highest BCUT2D eigenvalue weighted by Crippen LogP contribution is 2.45. The number of aliphatic hydroxyl groups is 2. The van der Waals surface area contributed by atoms with Crippen molar-refractivity contribution in [1.29, 1.82) is 0 Å². The Bertz CT molecular complexity index is 1150. The molecule has 2 N–H and O–H groups in total. The number of nitrogens with zero attached hydrogens (tertiary/aromatic N) is 1. The van der Waals surface area contributed by atoms with Gasteiger partial charge in [-0.3, -0.25) is 9.78 Å². The van der Waals surface area contributed by atoms with Crippen molar-refractivity contribution < 1.29 is 24.1 Å². The number of rotatable bonds is 9. The Labute approximate surface area is 192 Å². The number of hydrogen-bond donors (Lipinski definition) is 2. The molecule has 3 aromatic rings. The second-order valence-electron chi connectivity index (χ2n) is 8.41. The predicted octanol–water partition coefficient (Wildman–Crippen LogP) is 5.00. The van der Waals surface area contributed by atoms with Crippen molar-refractivity contribution in [1.82, 2.24) is 4.98 Å². The number of fused-ring (bicyclic) bond motifs is 1. The van der Waals surface area contributed by atoms with Gasteiger partial charge in [0.1, 0.15) is 5.82 Å². The van der Waals surface area contributed by atoms with Gasteiger partial charge in [0.2, 0.25) is 0 Å². The van der Waals surface area contributed by atoms with E-state index in [2.05, 4.69) is 0 Å². The number of ether oxygens (including phenoxy) is 1. The summed E-state index contributed by atoms with van der Waals surface area (Å²) in [5.74, 6) is -0.447. The Morgan fingerprint density at radius 3 is 2.61 bits per heavy atom. The summed E-state index contributed by atoms with van der Waals surface area (Å²) in [6.07, 6.45) is 3.47. The topological polar surface area (TPSA) is 79.7 Å². The number of benzene rings is 2. The van der Waals surface area contributed by atoms with Crippen molar-refractivity contribution in [2.24, 2.45) is 0 Å². The molecule has 1 saturated carbocycles.